The number of nitrogens with one attached hydrogen (secondary N) is 2. The third-order valence-electron chi connectivity index (χ3n) is 3.58. The Hall–Kier alpha value is -1.90. The minimum Gasteiger partial charge on any atom is -0.325 e. The normalized spacial score (nSPS) is 17.2. The van der Waals surface area contributed by atoms with Gasteiger partial charge in [-0.15, -0.1) is 0 Å². The summed E-state index contributed by atoms with van der Waals surface area (Å²) in [4.78, 5) is 14.4. The molecule has 1 heterocycles. The van der Waals surface area contributed by atoms with Gasteiger partial charge >= 0.3 is 0 Å². The molecule has 5 heteroatoms. The maximum absolute atomic E-state index is 12.2. The number of piperazine rings is 1. The lowest BCUT2D eigenvalue weighted by atomic mass is 10.1. The number of amides is 1. The van der Waals surface area contributed by atoms with Gasteiger partial charge in [0.15, 0.2) is 0 Å². The quantitative estimate of drug-likeness (QED) is 0.857. The number of hydrogen-bond donors (Lipinski definition) is 2. The van der Waals surface area contributed by atoms with Crippen molar-refractivity contribution in [2.45, 2.75) is 19.4 Å². The van der Waals surface area contributed by atoms with Crippen molar-refractivity contribution in [3.8, 4) is 6.07 Å². The van der Waals surface area contributed by atoms with Crippen LogP contribution in [0.15, 0.2) is 24.3 Å². The molecule has 106 valence electrons. The van der Waals surface area contributed by atoms with Crippen LogP contribution in [0.2, 0.25) is 0 Å². The summed E-state index contributed by atoms with van der Waals surface area (Å²) in [6.45, 7) is 5.59. The standard InChI is InChI=1S/C15H20N4O/c1-12(19-10-8-17-9-11-19)15(20)18-14-4-2-13(3-5-14)6-7-16/h2-5,12,17H,6,8-11H2,1H3,(H,18,20). The Morgan fingerprint density at radius 1 is 1.40 bits per heavy atom. The average Bonchev–Trinajstić information content (AvgIpc) is 2.49. The van der Waals surface area contributed by atoms with Crippen LogP contribution in [0.1, 0.15) is 12.5 Å². The predicted molar refractivity (Wildman–Crippen MR) is 78.3 cm³/mol. The van der Waals surface area contributed by atoms with Gasteiger partial charge in [-0.2, -0.15) is 5.26 Å². The molecule has 1 amide bonds. The van der Waals surface area contributed by atoms with Gasteiger partial charge < -0.3 is 10.6 Å². The number of anilines is 1. The number of nitriles is 1. The van der Waals surface area contributed by atoms with E-state index in [1.54, 1.807) is 0 Å². The predicted octanol–water partition coefficient (Wildman–Crippen LogP) is 0.985. The molecule has 0 aromatic heterocycles. The summed E-state index contributed by atoms with van der Waals surface area (Å²) in [5.74, 6) is 0.0138. The Balaban J connectivity index is 1.91. The van der Waals surface area contributed by atoms with Gasteiger partial charge in [-0.05, 0) is 24.6 Å². The van der Waals surface area contributed by atoms with Crippen LogP contribution in [0.25, 0.3) is 0 Å². The highest BCUT2D eigenvalue weighted by molar-refractivity contribution is 5.94. The monoisotopic (exact) mass is 272 g/mol. The van der Waals surface area contributed by atoms with E-state index >= 15 is 0 Å². The summed E-state index contributed by atoms with van der Waals surface area (Å²) in [6.07, 6.45) is 0.394. The van der Waals surface area contributed by atoms with E-state index < -0.39 is 0 Å². The summed E-state index contributed by atoms with van der Waals surface area (Å²) in [5.41, 5.74) is 1.74. The molecule has 20 heavy (non-hydrogen) atoms. The average molecular weight is 272 g/mol. The van der Waals surface area contributed by atoms with Crippen LogP contribution in [0.5, 0.6) is 0 Å². The second kappa shape index (κ2) is 7.04. The SMILES string of the molecule is CC(C(=O)Nc1ccc(CC#N)cc1)N1CCNCC1. The summed E-state index contributed by atoms with van der Waals surface area (Å²) in [5, 5.41) is 14.8. The summed E-state index contributed by atoms with van der Waals surface area (Å²) in [6, 6.07) is 9.40. The number of nitrogens with zero attached hydrogens (tertiary/aromatic N) is 2. The van der Waals surface area contributed by atoms with Gasteiger partial charge in [0, 0.05) is 31.9 Å². The van der Waals surface area contributed by atoms with Crippen LogP contribution in [0.4, 0.5) is 5.69 Å². The van der Waals surface area contributed by atoms with Gasteiger partial charge in [-0.25, -0.2) is 0 Å². The fourth-order valence-electron chi connectivity index (χ4n) is 2.28. The fourth-order valence-corrected chi connectivity index (χ4v) is 2.28. The molecule has 0 spiro atoms. The van der Waals surface area contributed by atoms with E-state index in [0.717, 1.165) is 37.4 Å². The highest BCUT2D eigenvalue weighted by atomic mass is 16.2. The van der Waals surface area contributed by atoms with Crippen molar-refractivity contribution < 1.29 is 4.79 Å². The van der Waals surface area contributed by atoms with Crippen molar-refractivity contribution in [3.05, 3.63) is 29.8 Å². The maximum Gasteiger partial charge on any atom is 0.241 e. The van der Waals surface area contributed by atoms with Crippen LogP contribution in [-0.4, -0.2) is 43.0 Å². The Morgan fingerprint density at radius 3 is 2.65 bits per heavy atom. The van der Waals surface area contributed by atoms with Gasteiger partial charge in [0.2, 0.25) is 5.91 Å². The van der Waals surface area contributed by atoms with Crippen LogP contribution in [0.3, 0.4) is 0 Å². The number of benzene rings is 1. The van der Waals surface area contributed by atoms with Crippen molar-refractivity contribution in [1.29, 1.82) is 5.26 Å². The van der Waals surface area contributed by atoms with E-state index in [1.807, 2.05) is 31.2 Å². The van der Waals surface area contributed by atoms with Crippen molar-refractivity contribution in [2.75, 3.05) is 31.5 Å². The van der Waals surface area contributed by atoms with E-state index in [1.165, 1.54) is 0 Å². The molecule has 0 saturated carbocycles. The molecular formula is C15H20N4O. The number of rotatable bonds is 4. The van der Waals surface area contributed by atoms with Crippen molar-refractivity contribution in [2.24, 2.45) is 0 Å². The number of hydrogen-bond acceptors (Lipinski definition) is 4. The first kappa shape index (κ1) is 14.5. The fraction of sp³-hybridized carbons (Fsp3) is 0.467. The minimum absolute atomic E-state index is 0.0138. The molecule has 2 N–H and O–H groups in total. The molecule has 1 aliphatic rings. The molecule has 1 aromatic carbocycles. The van der Waals surface area contributed by atoms with Crippen LogP contribution in [-0.2, 0) is 11.2 Å². The Labute approximate surface area is 119 Å². The molecule has 0 radical (unpaired) electrons. The number of carbonyl (C=O) groups excluding carboxylic acids is 1. The molecule has 1 fully saturated rings. The Bertz CT molecular complexity index is 486. The largest absolute Gasteiger partial charge is 0.325 e. The Morgan fingerprint density at radius 2 is 2.05 bits per heavy atom. The summed E-state index contributed by atoms with van der Waals surface area (Å²) < 4.78 is 0. The molecule has 1 unspecified atom stereocenters. The zero-order chi connectivity index (χ0) is 14.4. The van der Waals surface area contributed by atoms with Gasteiger partial charge in [0.1, 0.15) is 0 Å². The van der Waals surface area contributed by atoms with E-state index in [2.05, 4.69) is 21.6 Å². The second-order valence-electron chi connectivity index (χ2n) is 4.98. The maximum atomic E-state index is 12.2. The lowest BCUT2D eigenvalue weighted by molar-refractivity contribution is -0.120. The molecule has 5 nitrogen and oxygen atoms in total. The third kappa shape index (κ3) is 3.80. The molecule has 1 aliphatic heterocycles. The van der Waals surface area contributed by atoms with Gasteiger partial charge in [-0.3, -0.25) is 9.69 Å². The number of carbonyl (C=O) groups is 1. The van der Waals surface area contributed by atoms with Crippen molar-refractivity contribution in [3.63, 3.8) is 0 Å². The summed E-state index contributed by atoms with van der Waals surface area (Å²) in [7, 11) is 0. The van der Waals surface area contributed by atoms with E-state index in [4.69, 9.17) is 5.26 Å². The smallest absolute Gasteiger partial charge is 0.241 e. The molecular weight excluding hydrogens is 252 g/mol. The highest BCUT2D eigenvalue weighted by Gasteiger charge is 2.22. The Kier molecular flexibility index (Phi) is 5.10. The van der Waals surface area contributed by atoms with Gasteiger partial charge in [0.25, 0.3) is 0 Å². The molecule has 1 saturated heterocycles. The zero-order valence-electron chi connectivity index (χ0n) is 11.7. The first-order valence-electron chi connectivity index (χ1n) is 6.92. The summed E-state index contributed by atoms with van der Waals surface area (Å²) >= 11 is 0. The van der Waals surface area contributed by atoms with Crippen LogP contribution < -0.4 is 10.6 Å². The van der Waals surface area contributed by atoms with Gasteiger partial charge in [0.05, 0.1) is 18.5 Å². The highest BCUT2D eigenvalue weighted by Crippen LogP contribution is 2.11. The molecule has 0 bridgehead atoms. The first-order chi connectivity index (χ1) is 9.70. The van der Waals surface area contributed by atoms with Crippen LogP contribution in [0, 0.1) is 11.3 Å². The van der Waals surface area contributed by atoms with E-state index in [9.17, 15) is 4.79 Å². The van der Waals surface area contributed by atoms with E-state index in [0.29, 0.717) is 6.42 Å². The molecule has 0 aliphatic carbocycles. The van der Waals surface area contributed by atoms with Crippen molar-refractivity contribution in [1.82, 2.24) is 10.2 Å². The molecule has 1 aromatic rings. The molecule has 1 atom stereocenters. The zero-order valence-corrected chi connectivity index (χ0v) is 11.7. The minimum atomic E-state index is -0.129. The lowest BCUT2D eigenvalue weighted by Crippen LogP contribution is -2.51. The van der Waals surface area contributed by atoms with Gasteiger partial charge in [-0.1, -0.05) is 12.1 Å². The van der Waals surface area contributed by atoms with E-state index in [-0.39, 0.29) is 11.9 Å². The van der Waals surface area contributed by atoms with Crippen molar-refractivity contribution >= 4 is 11.6 Å². The lowest BCUT2D eigenvalue weighted by Gasteiger charge is -2.31. The molecule has 2 rings (SSSR count). The third-order valence-corrected chi connectivity index (χ3v) is 3.58. The van der Waals surface area contributed by atoms with Crippen LogP contribution >= 0.6 is 0 Å². The second-order valence-corrected chi connectivity index (χ2v) is 4.98. The first-order valence-corrected chi connectivity index (χ1v) is 6.92. The topological polar surface area (TPSA) is 68.2 Å².